The van der Waals surface area contributed by atoms with E-state index in [2.05, 4.69) is 85.1 Å². The van der Waals surface area contributed by atoms with Crippen molar-refractivity contribution in [3.8, 4) is 22.8 Å². The molecule has 0 aliphatic carbocycles. The van der Waals surface area contributed by atoms with E-state index in [-0.39, 0.29) is 12.5 Å². The topological polar surface area (TPSA) is 43.7 Å². The summed E-state index contributed by atoms with van der Waals surface area (Å²) in [4.78, 5) is 14.6. The fourth-order valence-corrected chi connectivity index (χ4v) is 6.05. The Hall–Kier alpha value is -4.51. The number of fused-ring (bicyclic) bond motifs is 1. The molecule has 5 heteroatoms. The van der Waals surface area contributed by atoms with E-state index >= 15 is 0 Å². The number of likely N-dealkylation sites (tertiary alicyclic amines) is 1. The highest BCUT2D eigenvalue weighted by Crippen LogP contribution is 2.35. The first-order chi connectivity index (χ1) is 21.0. The summed E-state index contributed by atoms with van der Waals surface area (Å²) in [5.41, 5.74) is 8.42. The van der Waals surface area contributed by atoms with Gasteiger partial charge in [-0.1, -0.05) is 66.9 Å². The van der Waals surface area contributed by atoms with Crippen molar-refractivity contribution in [2.24, 2.45) is 0 Å². The summed E-state index contributed by atoms with van der Waals surface area (Å²) in [5, 5.41) is 1.27. The SMILES string of the molecule is Cc1ccc2c(c1)c(C)c(-c1ccc(OCc3ccccc3)cc1)n2Cc1ccc(OCC(=O)N2CCCCCC2)cc1. The largest absolute Gasteiger partial charge is 0.489 e. The Morgan fingerprint density at radius 3 is 2.12 bits per heavy atom. The number of hydrogen-bond acceptors (Lipinski definition) is 3. The number of aryl methyl sites for hydroxylation is 2. The third-order valence-electron chi connectivity index (χ3n) is 8.43. The number of carbonyl (C=O) groups excluding carboxylic acids is 1. The minimum Gasteiger partial charge on any atom is -0.489 e. The first-order valence-corrected chi connectivity index (χ1v) is 15.4. The molecule has 1 aromatic heterocycles. The quantitative estimate of drug-likeness (QED) is 0.178. The molecule has 1 amide bonds. The minimum atomic E-state index is 0.0803. The second kappa shape index (κ2) is 13.2. The van der Waals surface area contributed by atoms with Crippen LogP contribution in [0.5, 0.6) is 11.5 Å². The van der Waals surface area contributed by atoms with E-state index in [4.69, 9.17) is 9.47 Å². The maximum atomic E-state index is 12.7. The van der Waals surface area contributed by atoms with E-state index in [1.165, 1.54) is 46.1 Å². The van der Waals surface area contributed by atoms with E-state index in [1.807, 2.05) is 35.2 Å². The molecule has 0 unspecified atom stereocenters. The lowest BCUT2D eigenvalue weighted by molar-refractivity contribution is -0.133. The molecular formula is C38H40N2O3. The van der Waals surface area contributed by atoms with Crippen molar-refractivity contribution in [3.05, 3.63) is 119 Å². The van der Waals surface area contributed by atoms with Crippen molar-refractivity contribution in [1.82, 2.24) is 9.47 Å². The molecule has 0 bridgehead atoms. The summed E-state index contributed by atoms with van der Waals surface area (Å²) in [7, 11) is 0. The molecule has 1 saturated heterocycles. The van der Waals surface area contributed by atoms with Crippen LogP contribution in [0.25, 0.3) is 22.2 Å². The Bertz CT molecular complexity index is 1660. The van der Waals surface area contributed by atoms with Crippen molar-refractivity contribution >= 4 is 16.8 Å². The summed E-state index contributed by atoms with van der Waals surface area (Å²) in [5.74, 6) is 1.66. The molecule has 5 aromatic rings. The fourth-order valence-electron chi connectivity index (χ4n) is 6.05. The summed E-state index contributed by atoms with van der Waals surface area (Å²) >= 11 is 0. The van der Waals surface area contributed by atoms with Crippen LogP contribution in [0.15, 0.2) is 97.1 Å². The van der Waals surface area contributed by atoms with Crippen LogP contribution in [0.1, 0.15) is 47.9 Å². The van der Waals surface area contributed by atoms with Crippen molar-refractivity contribution in [3.63, 3.8) is 0 Å². The van der Waals surface area contributed by atoms with Gasteiger partial charge < -0.3 is 18.9 Å². The van der Waals surface area contributed by atoms with Gasteiger partial charge >= 0.3 is 0 Å². The van der Waals surface area contributed by atoms with Crippen LogP contribution in [0.4, 0.5) is 0 Å². The van der Waals surface area contributed by atoms with Gasteiger partial charge in [-0.3, -0.25) is 4.79 Å². The standard InChI is InChI=1S/C38H40N2O3/c1-28-12-21-36-35(24-28)29(2)38(32-15-19-34(20-16-32)42-26-31-10-6-5-7-11-31)40(36)25-30-13-17-33(18-14-30)43-27-37(41)39-22-8-3-4-9-23-39/h5-7,10-21,24H,3-4,8-9,22-23,25-27H2,1-2H3. The normalized spacial score (nSPS) is 13.6. The van der Waals surface area contributed by atoms with Crippen molar-refractivity contribution in [2.75, 3.05) is 19.7 Å². The smallest absolute Gasteiger partial charge is 0.260 e. The average molecular weight is 573 g/mol. The van der Waals surface area contributed by atoms with E-state index in [9.17, 15) is 4.79 Å². The van der Waals surface area contributed by atoms with E-state index in [1.54, 1.807) is 0 Å². The second-order valence-electron chi connectivity index (χ2n) is 11.6. The summed E-state index contributed by atoms with van der Waals surface area (Å²) < 4.78 is 14.4. The summed E-state index contributed by atoms with van der Waals surface area (Å²) in [6, 6.07) is 33.5. The van der Waals surface area contributed by atoms with Gasteiger partial charge in [0.1, 0.15) is 18.1 Å². The Balaban J connectivity index is 1.20. The van der Waals surface area contributed by atoms with Gasteiger partial charge in [-0.05, 0) is 97.5 Å². The predicted molar refractivity (Wildman–Crippen MR) is 174 cm³/mol. The number of nitrogens with zero attached hydrogens (tertiary/aromatic N) is 2. The lowest BCUT2D eigenvalue weighted by atomic mass is 10.1. The molecule has 1 fully saturated rings. The lowest BCUT2D eigenvalue weighted by Gasteiger charge is -2.20. The zero-order valence-corrected chi connectivity index (χ0v) is 25.2. The van der Waals surface area contributed by atoms with Gasteiger partial charge in [0.2, 0.25) is 0 Å². The maximum absolute atomic E-state index is 12.7. The molecule has 1 aliphatic heterocycles. The van der Waals surface area contributed by atoms with Crippen LogP contribution >= 0.6 is 0 Å². The van der Waals surface area contributed by atoms with Crippen LogP contribution < -0.4 is 9.47 Å². The highest BCUT2D eigenvalue weighted by molar-refractivity contribution is 5.92. The summed E-state index contributed by atoms with van der Waals surface area (Å²) in [6.07, 6.45) is 4.58. The molecule has 5 nitrogen and oxygen atoms in total. The molecule has 1 aliphatic rings. The van der Waals surface area contributed by atoms with Gasteiger partial charge in [-0.15, -0.1) is 0 Å². The monoisotopic (exact) mass is 572 g/mol. The first-order valence-electron chi connectivity index (χ1n) is 15.4. The average Bonchev–Trinajstić information content (AvgIpc) is 3.19. The van der Waals surface area contributed by atoms with Crippen LogP contribution in [0, 0.1) is 13.8 Å². The Morgan fingerprint density at radius 2 is 1.40 bits per heavy atom. The number of aromatic nitrogens is 1. The number of rotatable bonds is 9. The zero-order chi connectivity index (χ0) is 29.6. The maximum Gasteiger partial charge on any atom is 0.260 e. The molecule has 6 rings (SSSR count). The van der Waals surface area contributed by atoms with Crippen LogP contribution in [0.3, 0.4) is 0 Å². The van der Waals surface area contributed by atoms with Crippen molar-refractivity contribution in [2.45, 2.75) is 52.7 Å². The molecule has 4 aromatic carbocycles. The van der Waals surface area contributed by atoms with Crippen LogP contribution in [0.2, 0.25) is 0 Å². The summed E-state index contributed by atoms with van der Waals surface area (Å²) in [6.45, 7) is 7.41. The number of amides is 1. The van der Waals surface area contributed by atoms with Crippen molar-refractivity contribution < 1.29 is 14.3 Å². The predicted octanol–water partition coefficient (Wildman–Crippen LogP) is 8.33. The van der Waals surface area contributed by atoms with Gasteiger partial charge in [-0.2, -0.15) is 0 Å². The van der Waals surface area contributed by atoms with Gasteiger partial charge in [0.05, 0.1) is 5.69 Å². The van der Waals surface area contributed by atoms with Crippen molar-refractivity contribution in [1.29, 1.82) is 0 Å². The van der Waals surface area contributed by atoms with Gasteiger partial charge in [0.15, 0.2) is 6.61 Å². The number of ether oxygens (including phenoxy) is 2. The zero-order valence-electron chi connectivity index (χ0n) is 25.2. The first kappa shape index (κ1) is 28.6. The Labute approximate surface area is 254 Å². The van der Waals surface area contributed by atoms with Gasteiger partial charge in [0, 0.05) is 30.5 Å². The molecule has 2 heterocycles. The van der Waals surface area contributed by atoms with Crippen LogP contribution in [-0.2, 0) is 17.9 Å². The molecular weight excluding hydrogens is 532 g/mol. The number of carbonyl (C=O) groups is 1. The number of hydrogen-bond donors (Lipinski definition) is 0. The molecule has 0 saturated carbocycles. The highest BCUT2D eigenvalue weighted by atomic mass is 16.5. The number of benzene rings is 4. The Morgan fingerprint density at radius 1 is 0.721 bits per heavy atom. The molecule has 220 valence electrons. The second-order valence-corrected chi connectivity index (χ2v) is 11.6. The lowest BCUT2D eigenvalue weighted by Crippen LogP contribution is -2.35. The Kier molecular flexibility index (Phi) is 8.78. The van der Waals surface area contributed by atoms with E-state index < -0.39 is 0 Å². The van der Waals surface area contributed by atoms with Gasteiger partial charge in [0.25, 0.3) is 5.91 Å². The van der Waals surface area contributed by atoms with Gasteiger partial charge in [-0.25, -0.2) is 0 Å². The van der Waals surface area contributed by atoms with E-state index in [0.717, 1.165) is 55.1 Å². The van der Waals surface area contributed by atoms with E-state index in [0.29, 0.717) is 6.61 Å². The molecule has 0 N–H and O–H groups in total. The minimum absolute atomic E-state index is 0.0803. The molecule has 43 heavy (non-hydrogen) atoms. The highest BCUT2D eigenvalue weighted by Gasteiger charge is 2.18. The third kappa shape index (κ3) is 6.77. The molecule has 0 atom stereocenters. The van der Waals surface area contributed by atoms with Crippen LogP contribution in [-0.4, -0.2) is 35.1 Å². The molecule has 0 radical (unpaired) electrons. The third-order valence-corrected chi connectivity index (χ3v) is 8.43. The fraction of sp³-hybridized carbons (Fsp3) is 0.289. The molecule has 0 spiro atoms.